The second kappa shape index (κ2) is 9.67. The molecule has 8 heteroatoms. The van der Waals surface area contributed by atoms with Crippen LogP contribution in [0.15, 0.2) is 76.2 Å². The minimum atomic E-state index is -3.67. The second-order valence-electron chi connectivity index (χ2n) is 6.34. The third-order valence-electron chi connectivity index (χ3n) is 4.14. The molecular weight excluding hydrogens is 408 g/mol. The van der Waals surface area contributed by atoms with E-state index in [1.54, 1.807) is 61.3 Å². The molecular formula is C21H22N2O4S2. The van der Waals surface area contributed by atoms with E-state index in [9.17, 15) is 13.2 Å². The Morgan fingerprint density at radius 3 is 2.55 bits per heavy atom. The van der Waals surface area contributed by atoms with Crippen LogP contribution in [0.1, 0.15) is 21.7 Å². The van der Waals surface area contributed by atoms with E-state index < -0.39 is 10.0 Å². The fraction of sp³-hybridized carbons (Fsp3) is 0.190. The number of amides is 1. The van der Waals surface area contributed by atoms with Crippen LogP contribution in [0.5, 0.6) is 0 Å². The number of benzene rings is 2. The van der Waals surface area contributed by atoms with Crippen LogP contribution in [0.2, 0.25) is 0 Å². The molecule has 152 valence electrons. The molecule has 1 amide bonds. The highest BCUT2D eigenvalue weighted by Gasteiger charge is 2.15. The third-order valence-corrected chi connectivity index (χ3v) is 6.51. The minimum Gasteiger partial charge on any atom is -0.468 e. The summed E-state index contributed by atoms with van der Waals surface area (Å²) in [7, 11) is -3.67. The van der Waals surface area contributed by atoms with Crippen LogP contribution in [0.3, 0.4) is 0 Å². The summed E-state index contributed by atoms with van der Waals surface area (Å²) >= 11 is 1.67. The number of hydrogen-bond donors (Lipinski definition) is 2. The molecule has 0 aliphatic carbocycles. The smallest absolute Gasteiger partial charge is 0.261 e. The number of anilines is 1. The summed E-state index contributed by atoms with van der Waals surface area (Å²) in [5.41, 5.74) is 1.60. The lowest BCUT2D eigenvalue weighted by Crippen LogP contribution is -2.26. The zero-order chi connectivity index (χ0) is 20.7. The van der Waals surface area contributed by atoms with Crippen molar-refractivity contribution in [2.75, 3.05) is 17.0 Å². The van der Waals surface area contributed by atoms with Crippen LogP contribution < -0.4 is 10.0 Å². The molecule has 0 bridgehead atoms. The van der Waals surface area contributed by atoms with Crippen molar-refractivity contribution in [3.63, 3.8) is 0 Å². The van der Waals surface area contributed by atoms with Gasteiger partial charge in [0.15, 0.2) is 0 Å². The molecule has 0 fully saturated rings. The first-order valence-corrected chi connectivity index (χ1v) is 11.7. The normalized spacial score (nSPS) is 11.2. The Kier molecular flexibility index (Phi) is 7.00. The highest BCUT2D eigenvalue weighted by molar-refractivity contribution is 7.98. The quantitative estimate of drug-likeness (QED) is 0.500. The summed E-state index contributed by atoms with van der Waals surface area (Å²) in [5, 5.41) is 2.87. The number of thioether (sulfide) groups is 1. The molecule has 1 aromatic heterocycles. The first-order valence-electron chi connectivity index (χ1n) is 9.02. The van der Waals surface area contributed by atoms with Gasteiger partial charge in [-0.25, -0.2) is 8.42 Å². The Balaban J connectivity index is 1.54. The van der Waals surface area contributed by atoms with E-state index in [1.165, 1.54) is 12.1 Å². The lowest BCUT2D eigenvalue weighted by molar-refractivity contribution is 0.0956. The maximum atomic E-state index is 12.5. The SMILES string of the molecule is Cc1cc(C(=O)NCCSCc2ccco2)ccc1NS(=O)(=O)c1ccccc1. The standard InChI is InChI=1S/C21H22N2O4S2/c1-16-14-17(21(24)22-11-13-28-15-18-6-5-12-27-18)9-10-20(16)23-29(25,26)19-7-3-2-4-8-19/h2-10,12,14,23H,11,13,15H2,1H3,(H,22,24). The lowest BCUT2D eigenvalue weighted by Gasteiger charge is -2.12. The van der Waals surface area contributed by atoms with E-state index in [1.807, 2.05) is 12.1 Å². The Morgan fingerprint density at radius 1 is 1.07 bits per heavy atom. The van der Waals surface area contributed by atoms with Gasteiger partial charge in [-0.2, -0.15) is 11.8 Å². The Bertz CT molecular complexity index is 1050. The monoisotopic (exact) mass is 430 g/mol. The van der Waals surface area contributed by atoms with Crippen molar-refractivity contribution in [1.82, 2.24) is 5.32 Å². The van der Waals surface area contributed by atoms with Crippen LogP contribution in [0.25, 0.3) is 0 Å². The summed E-state index contributed by atoms with van der Waals surface area (Å²) in [6, 6.07) is 16.8. The minimum absolute atomic E-state index is 0.188. The maximum absolute atomic E-state index is 12.5. The van der Waals surface area contributed by atoms with Crippen LogP contribution in [-0.4, -0.2) is 26.6 Å². The molecule has 6 nitrogen and oxygen atoms in total. The number of carbonyl (C=O) groups excluding carboxylic acids is 1. The number of furan rings is 1. The molecule has 1 heterocycles. The predicted molar refractivity (Wildman–Crippen MR) is 116 cm³/mol. The fourth-order valence-electron chi connectivity index (χ4n) is 2.63. The number of carbonyl (C=O) groups is 1. The van der Waals surface area contributed by atoms with Crippen LogP contribution in [0.4, 0.5) is 5.69 Å². The van der Waals surface area contributed by atoms with Gasteiger partial charge >= 0.3 is 0 Å². The molecule has 0 aliphatic heterocycles. The number of aryl methyl sites for hydroxylation is 1. The summed E-state index contributed by atoms with van der Waals surface area (Å²) in [6.45, 7) is 2.30. The summed E-state index contributed by atoms with van der Waals surface area (Å²) in [4.78, 5) is 12.5. The molecule has 0 aliphatic rings. The average molecular weight is 431 g/mol. The molecule has 0 radical (unpaired) electrons. The summed E-state index contributed by atoms with van der Waals surface area (Å²) < 4.78 is 32.8. The van der Waals surface area contributed by atoms with Gasteiger partial charge in [-0.3, -0.25) is 9.52 Å². The molecule has 0 spiro atoms. The molecule has 2 N–H and O–H groups in total. The number of rotatable bonds is 9. The first-order chi connectivity index (χ1) is 14.0. The van der Waals surface area contributed by atoms with Crippen LogP contribution >= 0.6 is 11.8 Å². The molecule has 0 saturated carbocycles. The zero-order valence-corrected chi connectivity index (χ0v) is 17.6. The van der Waals surface area contributed by atoms with Gasteiger partial charge in [-0.15, -0.1) is 0 Å². The molecule has 0 atom stereocenters. The topological polar surface area (TPSA) is 88.4 Å². The Labute approximate surface area is 174 Å². The fourth-order valence-corrected chi connectivity index (χ4v) is 4.54. The zero-order valence-electron chi connectivity index (χ0n) is 15.9. The molecule has 29 heavy (non-hydrogen) atoms. The third kappa shape index (κ3) is 5.88. The van der Waals surface area contributed by atoms with E-state index in [4.69, 9.17) is 4.42 Å². The Morgan fingerprint density at radius 2 is 1.86 bits per heavy atom. The van der Waals surface area contributed by atoms with Crippen molar-refractivity contribution in [3.8, 4) is 0 Å². The van der Waals surface area contributed by atoms with E-state index >= 15 is 0 Å². The molecule has 3 rings (SSSR count). The lowest BCUT2D eigenvalue weighted by atomic mass is 10.1. The van der Waals surface area contributed by atoms with Crippen LogP contribution in [-0.2, 0) is 15.8 Å². The van der Waals surface area contributed by atoms with E-state index in [-0.39, 0.29) is 10.8 Å². The van der Waals surface area contributed by atoms with E-state index in [0.717, 1.165) is 17.3 Å². The first kappa shape index (κ1) is 21.0. The van der Waals surface area contributed by atoms with E-state index in [2.05, 4.69) is 10.0 Å². The highest BCUT2D eigenvalue weighted by Crippen LogP contribution is 2.21. The summed E-state index contributed by atoms with van der Waals surface area (Å²) in [5.74, 6) is 2.24. The number of nitrogens with one attached hydrogen (secondary N) is 2. The predicted octanol–water partition coefficient (Wildman–Crippen LogP) is 4.05. The number of hydrogen-bond acceptors (Lipinski definition) is 5. The molecule has 2 aromatic carbocycles. The van der Waals surface area contributed by atoms with Crippen molar-refractivity contribution in [2.24, 2.45) is 0 Å². The molecule has 0 saturated heterocycles. The summed E-state index contributed by atoms with van der Waals surface area (Å²) in [6.07, 6.45) is 1.64. The molecule has 0 unspecified atom stereocenters. The van der Waals surface area contributed by atoms with Crippen molar-refractivity contribution >= 4 is 33.4 Å². The van der Waals surface area contributed by atoms with Gasteiger partial charge in [0.25, 0.3) is 15.9 Å². The average Bonchev–Trinajstić information content (AvgIpc) is 3.23. The van der Waals surface area contributed by atoms with Crippen molar-refractivity contribution < 1.29 is 17.6 Å². The maximum Gasteiger partial charge on any atom is 0.261 e. The van der Waals surface area contributed by atoms with Gasteiger partial charge in [-0.05, 0) is 55.0 Å². The number of sulfonamides is 1. The van der Waals surface area contributed by atoms with Gasteiger partial charge in [0.1, 0.15) is 5.76 Å². The van der Waals surface area contributed by atoms with Crippen LogP contribution in [0, 0.1) is 6.92 Å². The van der Waals surface area contributed by atoms with Crippen molar-refractivity contribution in [1.29, 1.82) is 0 Å². The van der Waals surface area contributed by atoms with Crippen molar-refractivity contribution in [3.05, 3.63) is 83.8 Å². The Hall–Kier alpha value is -2.71. The van der Waals surface area contributed by atoms with Gasteiger partial charge in [0, 0.05) is 17.9 Å². The van der Waals surface area contributed by atoms with Crippen molar-refractivity contribution in [2.45, 2.75) is 17.6 Å². The largest absolute Gasteiger partial charge is 0.468 e. The second-order valence-corrected chi connectivity index (χ2v) is 9.12. The van der Waals surface area contributed by atoms with Gasteiger partial charge in [-0.1, -0.05) is 18.2 Å². The van der Waals surface area contributed by atoms with Gasteiger partial charge in [0.05, 0.1) is 22.6 Å². The highest BCUT2D eigenvalue weighted by atomic mass is 32.2. The molecule has 3 aromatic rings. The van der Waals surface area contributed by atoms with E-state index in [0.29, 0.717) is 23.4 Å². The van der Waals surface area contributed by atoms with Gasteiger partial charge < -0.3 is 9.73 Å². The van der Waals surface area contributed by atoms with Gasteiger partial charge in [0.2, 0.25) is 0 Å².